The van der Waals surface area contributed by atoms with E-state index in [1.54, 1.807) is 12.7 Å². The van der Waals surface area contributed by atoms with Crippen molar-refractivity contribution in [2.24, 2.45) is 5.92 Å². The molecule has 0 aliphatic carbocycles. The number of piperidine rings is 1. The van der Waals surface area contributed by atoms with Crippen LogP contribution in [0.3, 0.4) is 0 Å². The maximum Gasteiger partial charge on any atom is 0.240 e. The highest BCUT2D eigenvalue weighted by Crippen LogP contribution is 2.19. The van der Waals surface area contributed by atoms with Crippen LogP contribution in [0, 0.1) is 5.92 Å². The van der Waals surface area contributed by atoms with Gasteiger partial charge in [0, 0.05) is 19.5 Å². The van der Waals surface area contributed by atoms with Gasteiger partial charge in [0.05, 0.1) is 6.54 Å². The Morgan fingerprint density at radius 1 is 1.41 bits per heavy atom. The first-order valence-electron chi connectivity index (χ1n) is 8.19. The molecule has 3 rings (SSSR count). The van der Waals surface area contributed by atoms with Crippen LogP contribution in [-0.4, -0.2) is 42.9 Å². The van der Waals surface area contributed by atoms with Gasteiger partial charge >= 0.3 is 0 Å². The molecule has 0 radical (unpaired) electrons. The molecule has 2 aromatic heterocycles. The highest BCUT2D eigenvalue weighted by molar-refractivity contribution is 4.87. The standard InChI is InChI=1S/C15H24N6O/c1-2-3-6-14-18-15(22-19-14)10-20-7-4-5-13(8-20)9-21-12-16-11-17-21/h11-13H,2-10H2,1H3/t13-/m0/s1. The third-order valence-electron chi connectivity index (χ3n) is 4.14. The highest BCUT2D eigenvalue weighted by atomic mass is 16.5. The van der Waals surface area contributed by atoms with Crippen LogP contribution in [0.15, 0.2) is 17.2 Å². The van der Waals surface area contributed by atoms with E-state index in [-0.39, 0.29) is 0 Å². The zero-order valence-electron chi connectivity index (χ0n) is 13.2. The Morgan fingerprint density at radius 2 is 2.36 bits per heavy atom. The van der Waals surface area contributed by atoms with Gasteiger partial charge in [-0.3, -0.25) is 9.58 Å². The predicted molar refractivity (Wildman–Crippen MR) is 80.9 cm³/mol. The molecule has 7 nitrogen and oxygen atoms in total. The monoisotopic (exact) mass is 304 g/mol. The van der Waals surface area contributed by atoms with Gasteiger partial charge in [0.2, 0.25) is 5.89 Å². The zero-order chi connectivity index (χ0) is 15.2. The Morgan fingerprint density at radius 3 is 3.18 bits per heavy atom. The Hall–Kier alpha value is -1.76. The minimum Gasteiger partial charge on any atom is -0.338 e. The minimum absolute atomic E-state index is 0.609. The van der Waals surface area contributed by atoms with Gasteiger partial charge < -0.3 is 4.52 Å². The summed E-state index contributed by atoms with van der Waals surface area (Å²) in [5, 5.41) is 8.26. The van der Waals surface area contributed by atoms with Gasteiger partial charge in [-0.15, -0.1) is 0 Å². The van der Waals surface area contributed by atoms with Crippen LogP contribution in [0.2, 0.25) is 0 Å². The van der Waals surface area contributed by atoms with Crippen LogP contribution in [0.5, 0.6) is 0 Å². The van der Waals surface area contributed by atoms with Crippen molar-refractivity contribution in [3.05, 3.63) is 24.4 Å². The van der Waals surface area contributed by atoms with Crippen LogP contribution < -0.4 is 0 Å². The quantitative estimate of drug-likeness (QED) is 0.778. The molecule has 2 aromatic rings. The fourth-order valence-corrected chi connectivity index (χ4v) is 3.02. The first-order chi connectivity index (χ1) is 10.8. The van der Waals surface area contributed by atoms with Crippen molar-refractivity contribution >= 4 is 0 Å². The Bertz CT molecular complexity index is 552. The van der Waals surface area contributed by atoms with Gasteiger partial charge in [0.25, 0.3) is 0 Å². The van der Waals surface area contributed by atoms with Crippen LogP contribution in [-0.2, 0) is 19.5 Å². The molecule has 1 aliphatic heterocycles. The van der Waals surface area contributed by atoms with E-state index in [0.29, 0.717) is 5.92 Å². The number of hydrogen-bond acceptors (Lipinski definition) is 6. The summed E-state index contributed by atoms with van der Waals surface area (Å²) in [6.45, 7) is 6.01. The van der Waals surface area contributed by atoms with E-state index in [0.717, 1.165) is 57.2 Å². The van der Waals surface area contributed by atoms with Gasteiger partial charge in [-0.25, -0.2) is 4.98 Å². The van der Waals surface area contributed by atoms with E-state index < -0.39 is 0 Å². The molecule has 3 heterocycles. The lowest BCUT2D eigenvalue weighted by molar-refractivity contribution is 0.138. The zero-order valence-corrected chi connectivity index (χ0v) is 13.2. The van der Waals surface area contributed by atoms with E-state index in [9.17, 15) is 0 Å². The van der Waals surface area contributed by atoms with Crippen molar-refractivity contribution in [2.75, 3.05) is 13.1 Å². The average molecular weight is 304 g/mol. The van der Waals surface area contributed by atoms with E-state index in [1.807, 2.05) is 4.68 Å². The Kier molecular flexibility index (Phi) is 5.15. The molecule has 0 unspecified atom stereocenters. The minimum atomic E-state index is 0.609. The summed E-state index contributed by atoms with van der Waals surface area (Å²) in [4.78, 5) is 10.9. The lowest BCUT2D eigenvalue weighted by Crippen LogP contribution is -2.36. The molecule has 120 valence electrons. The summed E-state index contributed by atoms with van der Waals surface area (Å²) in [5.74, 6) is 2.19. The summed E-state index contributed by atoms with van der Waals surface area (Å²) in [5.41, 5.74) is 0. The molecule has 1 atom stereocenters. The van der Waals surface area contributed by atoms with Crippen molar-refractivity contribution in [2.45, 2.75) is 52.1 Å². The van der Waals surface area contributed by atoms with Crippen molar-refractivity contribution < 1.29 is 4.52 Å². The normalized spacial score (nSPS) is 19.6. The number of rotatable bonds is 7. The maximum atomic E-state index is 5.38. The number of likely N-dealkylation sites (tertiary alicyclic amines) is 1. The first kappa shape index (κ1) is 15.1. The molecule has 0 N–H and O–H groups in total. The fourth-order valence-electron chi connectivity index (χ4n) is 3.02. The maximum absolute atomic E-state index is 5.38. The SMILES string of the molecule is CCCCc1noc(CN2CCC[C@H](Cn3cncn3)C2)n1. The molecule has 1 aliphatic rings. The van der Waals surface area contributed by atoms with Gasteiger partial charge in [0.1, 0.15) is 12.7 Å². The third kappa shape index (κ3) is 4.13. The van der Waals surface area contributed by atoms with Crippen LogP contribution in [0.1, 0.15) is 44.3 Å². The molecule has 0 spiro atoms. The predicted octanol–water partition coefficient (Wildman–Crippen LogP) is 1.92. The Labute approximate surface area is 130 Å². The van der Waals surface area contributed by atoms with Crippen molar-refractivity contribution in [3.8, 4) is 0 Å². The number of hydrogen-bond donors (Lipinski definition) is 0. The smallest absolute Gasteiger partial charge is 0.240 e. The molecule has 22 heavy (non-hydrogen) atoms. The Balaban J connectivity index is 1.50. The van der Waals surface area contributed by atoms with Crippen LogP contribution in [0.4, 0.5) is 0 Å². The highest BCUT2D eigenvalue weighted by Gasteiger charge is 2.22. The summed E-state index contributed by atoms with van der Waals surface area (Å²) < 4.78 is 7.30. The second kappa shape index (κ2) is 7.49. The largest absolute Gasteiger partial charge is 0.338 e. The average Bonchev–Trinajstić information content (AvgIpc) is 3.17. The second-order valence-electron chi connectivity index (χ2n) is 6.07. The van der Waals surface area contributed by atoms with E-state index in [4.69, 9.17) is 4.52 Å². The molecular weight excluding hydrogens is 280 g/mol. The van der Waals surface area contributed by atoms with Crippen molar-refractivity contribution in [3.63, 3.8) is 0 Å². The molecule has 0 aromatic carbocycles. The molecular formula is C15H24N6O. The molecule has 0 amide bonds. The summed E-state index contributed by atoms with van der Waals surface area (Å²) in [7, 11) is 0. The van der Waals surface area contributed by atoms with Crippen LogP contribution >= 0.6 is 0 Å². The molecule has 1 fully saturated rings. The van der Waals surface area contributed by atoms with Gasteiger partial charge in [-0.2, -0.15) is 10.1 Å². The molecule has 0 bridgehead atoms. The summed E-state index contributed by atoms with van der Waals surface area (Å²) in [6.07, 6.45) is 9.00. The van der Waals surface area contributed by atoms with E-state index in [2.05, 4.69) is 32.0 Å². The molecule has 0 saturated carbocycles. The van der Waals surface area contributed by atoms with Gasteiger partial charge in [-0.05, 0) is 31.7 Å². The molecule has 1 saturated heterocycles. The second-order valence-corrected chi connectivity index (χ2v) is 6.07. The van der Waals surface area contributed by atoms with E-state index >= 15 is 0 Å². The number of aryl methyl sites for hydroxylation is 1. The number of nitrogens with zero attached hydrogens (tertiary/aromatic N) is 6. The topological polar surface area (TPSA) is 72.9 Å². The van der Waals surface area contributed by atoms with Crippen molar-refractivity contribution in [1.29, 1.82) is 0 Å². The number of unbranched alkanes of at least 4 members (excludes halogenated alkanes) is 1. The third-order valence-corrected chi connectivity index (χ3v) is 4.14. The first-order valence-corrected chi connectivity index (χ1v) is 8.19. The van der Waals surface area contributed by atoms with Gasteiger partial charge in [-0.1, -0.05) is 18.5 Å². The summed E-state index contributed by atoms with van der Waals surface area (Å²) in [6, 6.07) is 0. The van der Waals surface area contributed by atoms with Crippen molar-refractivity contribution in [1.82, 2.24) is 29.8 Å². The van der Waals surface area contributed by atoms with Gasteiger partial charge in [0.15, 0.2) is 5.82 Å². The van der Waals surface area contributed by atoms with E-state index in [1.165, 1.54) is 12.8 Å². The lowest BCUT2D eigenvalue weighted by atomic mass is 9.98. The lowest BCUT2D eigenvalue weighted by Gasteiger charge is -2.31. The number of aromatic nitrogens is 5. The fraction of sp³-hybridized carbons (Fsp3) is 0.733. The summed E-state index contributed by atoms with van der Waals surface area (Å²) >= 11 is 0. The molecule has 7 heteroatoms. The van der Waals surface area contributed by atoms with Crippen LogP contribution in [0.25, 0.3) is 0 Å².